The molecule has 20 heavy (non-hydrogen) atoms. The molecule has 1 saturated carbocycles. The normalized spacial score (nSPS) is 22.3. The zero-order valence-electron chi connectivity index (χ0n) is 10.8. The van der Waals surface area contributed by atoms with Crippen molar-refractivity contribution in [2.45, 2.75) is 31.7 Å². The van der Waals surface area contributed by atoms with Gasteiger partial charge >= 0.3 is 0 Å². The van der Waals surface area contributed by atoms with E-state index in [0.29, 0.717) is 6.42 Å². The maximum atomic E-state index is 12.2. The van der Waals surface area contributed by atoms with Crippen LogP contribution in [0.25, 0.3) is 0 Å². The number of benzene rings is 1. The number of anilines is 1. The zero-order chi connectivity index (χ0) is 14.7. The number of hydrogen-bond acceptors (Lipinski definition) is 4. The van der Waals surface area contributed by atoms with Crippen LogP contribution in [0.1, 0.15) is 25.7 Å². The van der Waals surface area contributed by atoms with Gasteiger partial charge in [-0.05, 0) is 25.3 Å². The number of nitro benzene ring substituents is 1. The smallest absolute Gasteiger partial charge is 0.271 e. The van der Waals surface area contributed by atoms with E-state index in [-0.39, 0.29) is 34.3 Å². The Morgan fingerprint density at radius 3 is 2.85 bits per heavy atom. The molecule has 7 heteroatoms. The minimum absolute atomic E-state index is 0.0417. The minimum atomic E-state index is -0.525. The molecular weight excluding hydrogens is 282 g/mol. The molecule has 1 fully saturated rings. The standard InChI is InChI=1S/C13H16ClN3O3/c14-11-5-4-10(17(19)20)7-12(11)16-13(18)8-2-1-3-9(15)6-8/h4-5,7-9H,1-3,6,15H2,(H,16,18). The summed E-state index contributed by atoms with van der Waals surface area (Å²) < 4.78 is 0. The zero-order valence-corrected chi connectivity index (χ0v) is 11.6. The van der Waals surface area contributed by atoms with Crippen molar-refractivity contribution in [1.29, 1.82) is 0 Å². The van der Waals surface area contributed by atoms with Crippen LogP contribution in [0.3, 0.4) is 0 Å². The third kappa shape index (κ3) is 3.46. The van der Waals surface area contributed by atoms with Crippen molar-refractivity contribution in [2.24, 2.45) is 11.7 Å². The fraction of sp³-hybridized carbons (Fsp3) is 0.462. The number of nitrogens with one attached hydrogen (secondary N) is 1. The van der Waals surface area contributed by atoms with Gasteiger partial charge in [-0.3, -0.25) is 14.9 Å². The first-order valence-electron chi connectivity index (χ1n) is 6.47. The van der Waals surface area contributed by atoms with E-state index in [0.717, 1.165) is 19.3 Å². The lowest BCUT2D eigenvalue weighted by Crippen LogP contribution is -2.34. The van der Waals surface area contributed by atoms with Crippen LogP contribution in [-0.4, -0.2) is 16.9 Å². The third-order valence-electron chi connectivity index (χ3n) is 3.50. The molecule has 1 aliphatic carbocycles. The van der Waals surface area contributed by atoms with Crippen LogP contribution in [0.5, 0.6) is 0 Å². The Balaban J connectivity index is 2.10. The van der Waals surface area contributed by atoms with Crippen molar-refractivity contribution >= 4 is 28.9 Å². The lowest BCUT2D eigenvalue weighted by Gasteiger charge is -2.25. The van der Waals surface area contributed by atoms with Crippen LogP contribution in [0.15, 0.2) is 18.2 Å². The first-order chi connectivity index (χ1) is 9.47. The predicted octanol–water partition coefficient (Wildman–Crippen LogP) is 2.70. The van der Waals surface area contributed by atoms with E-state index < -0.39 is 4.92 Å². The monoisotopic (exact) mass is 297 g/mol. The molecule has 0 aromatic heterocycles. The Bertz CT molecular complexity index is 536. The molecule has 3 N–H and O–H groups in total. The number of amides is 1. The lowest BCUT2D eigenvalue weighted by atomic mass is 9.85. The van der Waals surface area contributed by atoms with Gasteiger partial charge < -0.3 is 11.1 Å². The van der Waals surface area contributed by atoms with Crippen LogP contribution < -0.4 is 11.1 Å². The maximum absolute atomic E-state index is 12.2. The minimum Gasteiger partial charge on any atom is -0.328 e. The van der Waals surface area contributed by atoms with E-state index >= 15 is 0 Å². The summed E-state index contributed by atoms with van der Waals surface area (Å²) >= 11 is 5.95. The molecule has 0 aliphatic heterocycles. The SMILES string of the molecule is NC1CCCC(C(=O)Nc2cc([N+](=O)[O-])ccc2Cl)C1. The molecule has 2 unspecified atom stereocenters. The summed E-state index contributed by atoms with van der Waals surface area (Å²) in [7, 11) is 0. The number of hydrogen-bond donors (Lipinski definition) is 2. The number of carbonyl (C=O) groups is 1. The van der Waals surface area contributed by atoms with E-state index in [1.54, 1.807) is 0 Å². The van der Waals surface area contributed by atoms with Crippen LogP contribution in [-0.2, 0) is 4.79 Å². The van der Waals surface area contributed by atoms with E-state index in [1.807, 2.05) is 0 Å². The van der Waals surface area contributed by atoms with Crippen molar-refractivity contribution in [1.82, 2.24) is 0 Å². The van der Waals surface area contributed by atoms with Gasteiger partial charge in [-0.15, -0.1) is 0 Å². The fourth-order valence-corrected chi connectivity index (χ4v) is 2.59. The Labute approximate surface area is 121 Å². The third-order valence-corrected chi connectivity index (χ3v) is 3.83. The van der Waals surface area contributed by atoms with Crippen LogP contribution in [0, 0.1) is 16.0 Å². The summed E-state index contributed by atoms with van der Waals surface area (Å²) in [4.78, 5) is 22.4. The number of nitro groups is 1. The second kappa shape index (κ2) is 6.19. The Hall–Kier alpha value is -1.66. The number of rotatable bonds is 3. The van der Waals surface area contributed by atoms with Gasteiger partial charge in [0.05, 0.1) is 15.6 Å². The molecule has 1 aromatic carbocycles. The number of halogens is 1. The van der Waals surface area contributed by atoms with Crippen LogP contribution >= 0.6 is 11.6 Å². The molecule has 0 spiro atoms. The molecule has 2 rings (SSSR count). The Morgan fingerprint density at radius 2 is 2.20 bits per heavy atom. The molecular formula is C13H16ClN3O3. The van der Waals surface area contributed by atoms with E-state index in [4.69, 9.17) is 17.3 Å². The fourth-order valence-electron chi connectivity index (χ4n) is 2.42. The van der Waals surface area contributed by atoms with Crippen LogP contribution in [0.2, 0.25) is 5.02 Å². The first kappa shape index (κ1) is 14.7. The molecule has 6 nitrogen and oxygen atoms in total. The largest absolute Gasteiger partial charge is 0.328 e. The molecule has 0 bridgehead atoms. The lowest BCUT2D eigenvalue weighted by molar-refractivity contribution is -0.384. The van der Waals surface area contributed by atoms with Crippen molar-refractivity contribution in [3.05, 3.63) is 33.3 Å². The summed E-state index contributed by atoms with van der Waals surface area (Å²) in [6.45, 7) is 0. The van der Waals surface area contributed by atoms with Gasteiger partial charge in [0, 0.05) is 24.1 Å². The molecule has 0 saturated heterocycles. The van der Waals surface area contributed by atoms with Crippen LogP contribution in [0.4, 0.5) is 11.4 Å². The quantitative estimate of drug-likeness (QED) is 0.662. The first-order valence-corrected chi connectivity index (χ1v) is 6.85. The maximum Gasteiger partial charge on any atom is 0.271 e. The second-order valence-electron chi connectivity index (χ2n) is 5.03. The van der Waals surface area contributed by atoms with Gasteiger partial charge in [-0.25, -0.2) is 0 Å². The summed E-state index contributed by atoms with van der Waals surface area (Å²) in [5.41, 5.74) is 6.02. The molecule has 1 aromatic rings. The second-order valence-corrected chi connectivity index (χ2v) is 5.44. The Morgan fingerprint density at radius 1 is 1.45 bits per heavy atom. The van der Waals surface area contributed by atoms with Crippen molar-refractivity contribution in [3.8, 4) is 0 Å². The highest BCUT2D eigenvalue weighted by Crippen LogP contribution is 2.29. The molecule has 2 atom stereocenters. The summed E-state index contributed by atoms with van der Waals surface area (Å²) in [6, 6.07) is 4.01. The van der Waals surface area contributed by atoms with Gasteiger partial charge in [-0.1, -0.05) is 18.0 Å². The number of non-ortho nitro benzene ring substituents is 1. The van der Waals surface area contributed by atoms with Gasteiger partial charge in [0.15, 0.2) is 0 Å². The molecule has 0 heterocycles. The van der Waals surface area contributed by atoms with E-state index in [1.165, 1.54) is 18.2 Å². The topological polar surface area (TPSA) is 98.3 Å². The summed E-state index contributed by atoms with van der Waals surface area (Å²) in [6.07, 6.45) is 3.27. The van der Waals surface area contributed by atoms with E-state index in [9.17, 15) is 14.9 Å². The van der Waals surface area contributed by atoms with Gasteiger partial charge in [0.1, 0.15) is 0 Å². The van der Waals surface area contributed by atoms with Gasteiger partial charge in [0.25, 0.3) is 5.69 Å². The average molecular weight is 298 g/mol. The predicted molar refractivity (Wildman–Crippen MR) is 76.7 cm³/mol. The highest BCUT2D eigenvalue weighted by Gasteiger charge is 2.26. The summed E-state index contributed by atoms with van der Waals surface area (Å²) in [5, 5.41) is 13.7. The molecule has 108 valence electrons. The summed E-state index contributed by atoms with van der Waals surface area (Å²) in [5.74, 6) is -0.336. The highest BCUT2D eigenvalue weighted by molar-refractivity contribution is 6.33. The molecule has 1 aliphatic rings. The van der Waals surface area contributed by atoms with Crippen molar-refractivity contribution in [3.63, 3.8) is 0 Å². The van der Waals surface area contributed by atoms with Crippen molar-refractivity contribution < 1.29 is 9.72 Å². The van der Waals surface area contributed by atoms with E-state index in [2.05, 4.69) is 5.32 Å². The van der Waals surface area contributed by atoms with Gasteiger partial charge in [0.2, 0.25) is 5.91 Å². The van der Waals surface area contributed by atoms with Crippen molar-refractivity contribution in [2.75, 3.05) is 5.32 Å². The Kier molecular flexibility index (Phi) is 4.57. The average Bonchev–Trinajstić information content (AvgIpc) is 2.41. The highest BCUT2D eigenvalue weighted by atomic mass is 35.5. The molecule has 0 radical (unpaired) electrons. The molecule has 1 amide bonds. The number of nitrogens with zero attached hydrogens (tertiary/aromatic N) is 1. The number of carbonyl (C=O) groups excluding carboxylic acids is 1. The number of nitrogens with two attached hydrogens (primary N) is 1. The van der Waals surface area contributed by atoms with Gasteiger partial charge in [-0.2, -0.15) is 0 Å².